The third-order valence-corrected chi connectivity index (χ3v) is 2.78. The predicted molar refractivity (Wildman–Crippen MR) is 73.1 cm³/mol. The predicted octanol–water partition coefficient (Wildman–Crippen LogP) is 1.98. The highest BCUT2D eigenvalue weighted by Gasteiger charge is 2.14. The maximum Gasteiger partial charge on any atom is 0.121 e. The minimum Gasteiger partial charge on any atom is -0.390 e. The van der Waals surface area contributed by atoms with Crippen LogP contribution < -0.4 is 5.73 Å². The van der Waals surface area contributed by atoms with Gasteiger partial charge in [-0.05, 0) is 25.5 Å². The molecule has 0 fully saturated rings. The van der Waals surface area contributed by atoms with Crippen molar-refractivity contribution in [3.05, 3.63) is 35.9 Å². The molecule has 4 nitrogen and oxygen atoms in total. The third kappa shape index (κ3) is 2.90. The lowest BCUT2D eigenvalue weighted by Gasteiger charge is -2.17. The second-order valence-electron chi connectivity index (χ2n) is 5.27. The fraction of sp³-hybridized carbons (Fsp3) is 0.357. The van der Waals surface area contributed by atoms with E-state index in [0.29, 0.717) is 12.2 Å². The molecule has 0 amide bonds. The van der Waals surface area contributed by atoms with E-state index >= 15 is 0 Å². The van der Waals surface area contributed by atoms with Gasteiger partial charge in [0, 0.05) is 25.1 Å². The van der Waals surface area contributed by atoms with Gasteiger partial charge in [0.1, 0.15) is 5.82 Å². The molecule has 4 heteroatoms. The molecule has 0 radical (unpaired) electrons. The number of nitrogens with two attached hydrogens (primary N) is 1. The van der Waals surface area contributed by atoms with Gasteiger partial charge < -0.3 is 10.8 Å². The monoisotopic (exact) mass is 245 g/mol. The normalized spacial score (nSPS) is 11.8. The van der Waals surface area contributed by atoms with E-state index in [1.807, 2.05) is 37.4 Å². The zero-order valence-corrected chi connectivity index (χ0v) is 11.0. The quantitative estimate of drug-likeness (QED) is 0.869. The van der Waals surface area contributed by atoms with Crippen molar-refractivity contribution in [2.75, 3.05) is 5.73 Å². The van der Waals surface area contributed by atoms with Gasteiger partial charge in [-0.3, -0.25) is 4.68 Å². The molecule has 2 aromatic rings. The van der Waals surface area contributed by atoms with Crippen LogP contribution in [0, 0.1) is 0 Å². The lowest BCUT2D eigenvalue weighted by atomic mass is 9.97. The van der Waals surface area contributed by atoms with Crippen LogP contribution >= 0.6 is 0 Å². The van der Waals surface area contributed by atoms with Gasteiger partial charge in [0.15, 0.2) is 0 Å². The van der Waals surface area contributed by atoms with E-state index in [1.54, 1.807) is 18.5 Å². The van der Waals surface area contributed by atoms with E-state index in [0.717, 1.165) is 16.8 Å². The van der Waals surface area contributed by atoms with Crippen molar-refractivity contribution in [3.8, 4) is 11.3 Å². The first-order valence-corrected chi connectivity index (χ1v) is 5.96. The first-order valence-electron chi connectivity index (χ1n) is 5.96. The number of hydrogen-bond donors (Lipinski definition) is 2. The summed E-state index contributed by atoms with van der Waals surface area (Å²) in [4.78, 5) is 0. The van der Waals surface area contributed by atoms with Gasteiger partial charge in [0.05, 0.1) is 11.3 Å². The second kappa shape index (κ2) is 4.46. The number of aliphatic hydroxyl groups is 1. The summed E-state index contributed by atoms with van der Waals surface area (Å²) in [5, 5.41) is 14.2. The molecule has 0 saturated heterocycles. The van der Waals surface area contributed by atoms with Gasteiger partial charge in [0.25, 0.3) is 0 Å². The van der Waals surface area contributed by atoms with Crippen LogP contribution in [0.2, 0.25) is 0 Å². The Kier molecular flexibility index (Phi) is 3.13. The molecule has 0 aliphatic heterocycles. The van der Waals surface area contributed by atoms with E-state index in [2.05, 4.69) is 5.10 Å². The summed E-state index contributed by atoms with van der Waals surface area (Å²) in [5.41, 5.74) is 8.03. The molecule has 0 spiro atoms. The Bertz CT molecular complexity index is 533. The molecule has 0 bridgehead atoms. The topological polar surface area (TPSA) is 64.1 Å². The first-order chi connectivity index (χ1) is 8.35. The minimum atomic E-state index is -0.707. The Labute approximate surface area is 107 Å². The van der Waals surface area contributed by atoms with Gasteiger partial charge in [-0.1, -0.05) is 18.2 Å². The molecule has 0 atom stereocenters. The number of benzene rings is 1. The van der Waals surface area contributed by atoms with Crippen LogP contribution in [-0.4, -0.2) is 20.5 Å². The summed E-state index contributed by atoms with van der Waals surface area (Å²) in [6.07, 6.45) is 0.614. The average Bonchev–Trinajstić information content (AvgIpc) is 2.57. The van der Waals surface area contributed by atoms with Crippen molar-refractivity contribution in [1.82, 2.24) is 9.78 Å². The molecule has 0 saturated carbocycles. The Morgan fingerprint density at radius 1 is 1.33 bits per heavy atom. The van der Waals surface area contributed by atoms with E-state index in [9.17, 15) is 5.11 Å². The standard InChI is InChI=1S/C14H19N3O/c1-14(2,18)9-10-5-4-6-11(7-10)12-8-13(15)17(3)16-12/h4-8,18H,9,15H2,1-3H3. The van der Waals surface area contributed by atoms with E-state index in [4.69, 9.17) is 5.73 Å². The van der Waals surface area contributed by atoms with Crippen LogP contribution in [-0.2, 0) is 13.5 Å². The zero-order valence-electron chi connectivity index (χ0n) is 11.0. The fourth-order valence-electron chi connectivity index (χ4n) is 1.96. The smallest absolute Gasteiger partial charge is 0.121 e. The first kappa shape index (κ1) is 12.6. The molecule has 96 valence electrons. The Morgan fingerprint density at radius 2 is 2.06 bits per heavy atom. The summed E-state index contributed by atoms with van der Waals surface area (Å²) >= 11 is 0. The van der Waals surface area contributed by atoms with Crippen LogP contribution in [0.4, 0.5) is 5.82 Å². The van der Waals surface area contributed by atoms with Crippen LogP contribution in [0.5, 0.6) is 0 Å². The maximum absolute atomic E-state index is 9.84. The molecule has 1 aromatic heterocycles. The van der Waals surface area contributed by atoms with Crippen molar-refractivity contribution in [2.24, 2.45) is 7.05 Å². The molecule has 1 aromatic carbocycles. The van der Waals surface area contributed by atoms with Gasteiger partial charge >= 0.3 is 0 Å². The fourth-order valence-corrected chi connectivity index (χ4v) is 1.96. The highest BCUT2D eigenvalue weighted by atomic mass is 16.3. The van der Waals surface area contributed by atoms with Crippen molar-refractivity contribution < 1.29 is 5.11 Å². The summed E-state index contributed by atoms with van der Waals surface area (Å²) in [6, 6.07) is 9.87. The van der Waals surface area contributed by atoms with E-state index in [1.165, 1.54) is 0 Å². The lowest BCUT2D eigenvalue weighted by molar-refractivity contribution is 0.0810. The molecule has 1 heterocycles. The lowest BCUT2D eigenvalue weighted by Crippen LogP contribution is -2.21. The summed E-state index contributed by atoms with van der Waals surface area (Å²) in [7, 11) is 1.82. The number of anilines is 1. The summed E-state index contributed by atoms with van der Waals surface area (Å²) in [5.74, 6) is 0.637. The number of nitrogens with zero attached hydrogens (tertiary/aromatic N) is 2. The molecule has 0 aliphatic carbocycles. The molecule has 3 N–H and O–H groups in total. The van der Waals surface area contributed by atoms with Crippen LogP contribution in [0.15, 0.2) is 30.3 Å². The van der Waals surface area contributed by atoms with Gasteiger partial charge in [0.2, 0.25) is 0 Å². The Morgan fingerprint density at radius 3 is 2.61 bits per heavy atom. The van der Waals surface area contributed by atoms with Crippen molar-refractivity contribution in [1.29, 1.82) is 0 Å². The zero-order chi connectivity index (χ0) is 13.3. The molecular formula is C14H19N3O. The second-order valence-corrected chi connectivity index (χ2v) is 5.27. The van der Waals surface area contributed by atoms with E-state index in [-0.39, 0.29) is 0 Å². The molecule has 0 aliphatic rings. The maximum atomic E-state index is 9.84. The molecule has 2 rings (SSSR count). The largest absolute Gasteiger partial charge is 0.390 e. The van der Waals surface area contributed by atoms with Crippen molar-refractivity contribution >= 4 is 5.82 Å². The number of rotatable bonds is 3. The minimum absolute atomic E-state index is 0.614. The Balaban J connectivity index is 2.32. The Hall–Kier alpha value is -1.81. The van der Waals surface area contributed by atoms with Gasteiger partial charge in [-0.2, -0.15) is 5.10 Å². The van der Waals surface area contributed by atoms with Crippen LogP contribution in [0.3, 0.4) is 0 Å². The van der Waals surface area contributed by atoms with Crippen LogP contribution in [0.25, 0.3) is 11.3 Å². The SMILES string of the molecule is Cn1nc(-c2cccc(CC(C)(C)O)c2)cc1N. The number of nitrogen functional groups attached to an aromatic ring is 1. The van der Waals surface area contributed by atoms with Gasteiger partial charge in [-0.25, -0.2) is 0 Å². The van der Waals surface area contributed by atoms with E-state index < -0.39 is 5.60 Å². The number of aryl methyl sites for hydroxylation is 1. The van der Waals surface area contributed by atoms with Gasteiger partial charge in [-0.15, -0.1) is 0 Å². The highest BCUT2D eigenvalue weighted by molar-refractivity contribution is 5.63. The number of hydrogen-bond acceptors (Lipinski definition) is 3. The molecular weight excluding hydrogens is 226 g/mol. The molecule has 18 heavy (non-hydrogen) atoms. The average molecular weight is 245 g/mol. The van der Waals surface area contributed by atoms with Crippen molar-refractivity contribution in [2.45, 2.75) is 25.9 Å². The number of aromatic nitrogens is 2. The summed E-state index contributed by atoms with van der Waals surface area (Å²) in [6.45, 7) is 3.61. The van der Waals surface area contributed by atoms with Crippen LogP contribution in [0.1, 0.15) is 19.4 Å². The van der Waals surface area contributed by atoms with Crippen molar-refractivity contribution in [3.63, 3.8) is 0 Å². The molecule has 0 unspecified atom stereocenters. The third-order valence-electron chi connectivity index (χ3n) is 2.78. The summed E-state index contributed by atoms with van der Waals surface area (Å²) < 4.78 is 1.65. The highest BCUT2D eigenvalue weighted by Crippen LogP contribution is 2.22.